The zero-order chi connectivity index (χ0) is 21.1. The Morgan fingerprint density at radius 1 is 1.17 bits per heavy atom. The van der Waals surface area contributed by atoms with E-state index >= 15 is 0 Å². The molecule has 0 spiro atoms. The van der Waals surface area contributed by atoms with Crippen molar-refractivity contribution in [2.45, 2.75) is 25.4 Å². The first-order valence-electron chi connectivity index (χ1n) is 10.3. The summed E-state index contributed by atoms with van der Waals surface area (Å²) >= 11 is 5.33. The minimum Gasteiger partial charge on any atom is -0.442 e. The first kappa shape index (κ1) is 20.4. The Morgan fingerprint density at radius 3 is 2.47 bits per heavy atom. The van der Waals surface area contributed by atoms with Crippen LogP contribution in [0.5, 0.6) is 0 Å². The van der Waals surface area contributed by atoms with Gasteiger partial charge >= 0.3 is 6.09 Å². The molecule has 30 heavy (non-hydrogen) atoms. The van der Waals surface area contributed by atoms with Crippen molar-refractivity contribution < 1.29 is 14.3 Å². The molecule has 9 heteroatoms. The van der Waals surface area contributed by atoms with Gasteiger partial charge in [0.15, 0.2) is 0 Å². The van der Waals surface area contributed by atoms with Crippen LogP contribution in [0.15, 0.2) is 24.3 Å². The molecule has 2 aliphatic heterocycles. The van der Waals surface area contributed by atoms with Crippen molar-refractivity contribution in [1.29, 1.82) is 5.26 Å². The molecule has 2 saturated heterocycles. The van der Waals surface area contributed by atoms with Crippen molar-refractivity contribution in [3.8, 4) is 6.07 Å². The third kappa shape index (κ3) is 4.65. The first-order valence-corrected chi connectivity index (χ1v) is 10.7. The fraction of sp³-hybridized carbons (Fsp3) is 0.524. The van der Waals surface area contributed by atoms with Gasteiger partial charge < -0.3 is 19.9 Å². The van der Waals surface area contributed by atoms with E-state index in [9.17, 15) is 9.59 Å². The average Bonchev–Trinajstić information content (AvgIpc) is 3.55. The number of nitrogens with zero attached hydrogens (tertiary/aromatic N) is 4. The van der Waals surface area contributed by atoms with Crippen LogP contribution in [0.4, 0.5) is 16.2 Å². The summed E-state index contributed by atoms with van der Waals surface area (Å²) in [6.45, 7) is 3.70. The third-order valence-electron chi connectivity index (χ3n) is 5.72. The number of nitriles is 1. The molecule has 0 aromatic heterocycles. The van der Waals surface area contributed by atoms with Crippen LogP contribution in [0.3, 0.4) is 0 Å². The number of benzene rings is 1. The van der Waals surface area contributed by atoms with Crippen LogP contribution >= 0.6 is 12.2 Å². The van der Waals surface area contributed by atoms with Gasteiger partial charge in [-0.05, 0) is 37.1 Å². The molecule has 3 fully saturated rings. The van der Waals surface area contributed by atoms with Gasteiger partial charge in [-0.2, -0.15) is 5.26 Å². The number of rotatable bonds is 6. The SMILES string of the molecule is N#CCC(=O)N1CCN(c2ccc(N3C[C@H](CNC(=S)C4CC4)OC3=O)cc2)CC1. The number of nitrogens with one attached hydrogen (secondary N) is 1. The van der Waals surface area contributed by atoms with Crippen LogP contribution in [0.25, 0.3) is 0 Å². The maximum Gasteiger partial charge on any atom is 0.414 e. The fourth-order valence-electron chi connectivity index (χ4n) is 3.78. The molecule has 2 heterocycles. The van der Waals surface area contributed by atoms with E-state index in [-0.39, 0.29) is 24.5 Å². The molecular formula is C21H25N5O3S. The molecular weight excluding hydrogens is 402 g/mol. The van der Waals surface area contributed by atoms with Gasteiger partial charge in [-0.15, -0.1) is 0 Å². The number of amides is 2. The third-order valence-corrected chi connectivity index (χ3v) is 6.19. The highest BCUT2D eigenvalue weighted by Gasteiger charge is 2.33. The highest BCUT2D eigenvalue weighted by Crippen LogP contribution is 2.30. The van der Waals surface area contributed by atoms with E-state index in [1.807, 2.05) is 30.3 Å². The summed E-state index contributed by atoms with van der Waals surface area (Å²) in [6, 6.07) is 9.74. The molecule has 1 aromatic rings. The number of piperazine rings is 1. The zero-order valence-electron chi connectivity index (χ0n) is 16.7. The summed E-state index contributed by atoms with van der Waals surface area (Å²) in [7, 11) is 0. The van der Waals surface area contributed by atoms with Crippen molar-refractivity contribution in [3.63, 3.8) is 0 Å². The van der Waals surface area contributed by atoms with E-state index in [0.717, 1.165) is 42.3 Å². The maximum absolute atomic E-state index is 12.3. The number of carbonyl (C=O) groups is 2. The Hall–Kier alpha value is -2.86. The normalized spacial score (nSPS) is 21.2. The number of anilines is 2. The Kier molecular flexibility index (Phi) is 6.04. The van der Waals surface area contributed by atoms with Crippen molar-refractivity contribution in [2.24, 2.45) is 5.92 Å². The number of thiocarbonyl (C=S) groups is 1. The Morgan fingerprint density at radius 2 is 1.83 bits per heavy atom. The molecule has 1 aliphatic carbocycles. The second-order valence-electron chi connectivity index (χ2n) is 7.85. The minimum absolute atomic E-state index is 0.0660. The van der Waals surface area contributed by atoms with Gasteiger partial charge in [0.1, 0.15) is 12.5 Å². The molecule has 8 nitrogen and oxygen atoms in total. The second-order valence-corrected chi connectivity index (χ2v) is 8.29. The van der Waals surface area contributed by atoms with Crippen LogP contribution in [-0.4, -0.2) is 67.3 Å². The zero-order valence-corrected chi connectivity index (χ0v) is 17.6. The van der Waals surface area contributed by atoms with Crippen molar-refractivity contribution in [3.05, 3.63) is 24.3 Å². The highest BCUT2D eigenvalue weighted by molar-refractivity contribution is 7.80. The van der Waals surface area contributed by atoms with Crippen LogP contribution in [0.1, 0.15) is 19.3 Å². The Balaban J connectivity index is 1.29. The number of hydrogen-bond acceptors (Lipinski definition) is 6. The largest absolute Gasteiger partial charge is 0.442 e. The van der Waals surface area contributed by atoms with Gasteiger partial charge in [0.05, 0.1) is 24.1 Å². The molecule has 2 amide bonds. The Bertz CT molecular complexity index is 856. The van der Waals surface area contributed by atoms with Crippen LogP contribution < -0.4 is 15.1 Å². The maximum atomic E-state index is 12.3. The lowest BCUT2D eigenvalue weighted by Crippen LogP contribution is -2.48. The molecule has 158 valence electrons. The van der Waals surface area contributed by atoms with Gasteiger partial charge in [0, 0.05) is 43.5 Å². The van der Waals surface area contributed by atoms with Crippen LogP contribution in [0, 0.1) is 17.2 Å². The number of carbonyl (C=O) groups excluding carboxylic acids is 2. The van der Waals surface area contributed by atoms with E-state index in [2.05, 4.69) is 10.2 Å². The Labute approximate surface area is 181 Å². The standard InChI is InChI=1S/C21H25N5O3S/c22-8-7-19(27)25-11-9-24(10-12-25)16-3-5-17(6-4-16)26-14-18(29-21(26)28)13-23-20(30)15-1-2-15/h3-6,15,18H,1-2,7,9-14H2,(H,23,30)/t18-/m0/s1. The summed E-state index contributed by atoms with van der Waals surface area (Å²) in [4.78, 5) is 30.6. The molecule has 1 N–H and O–H groups in total. The molecule has 0 unspecified atom stereocenters. The van der Waals surface area contributed by atoms with E-state index in [1.165, 1.54) is 0 Å². The topological polar surface area (TPSA) is 88.9 Å². The van der Waals surface area contributed by atoms with Gasteiger partial charge in [0.25, 0.3) is 0 Å². The van der Waals surface area contributed by atoms with Crippen LogP contribution in [-0.2, 0) is 9.53 Å². The summed E-state index contributed by atoms with van der Waals surface area (Å²) < 4.78 is 5.47. The lowest BCUT2D eigenvalue weighted by Gasteiger charge is -2.36. The number of cyclic esters (lactones) is 1. The van der Waals surface area contributed by atoms with Crippen molar-refractivity contribution >= 4 is 40.6 Å². The van der Waals surface area contributed by atoms with E-state index in [1.54, 1.807) is 9.80 Å². The quantitative estimate of drug-likeness (QED) is 0.694. The second kappa shape index (κ2) is 8.88. The average molecular weight is 428 g/mol. The summed E-state index contributed by atoms with van der Waals surface area (Å²) in [6.07, 6.45) is 1.69. The fourth-order valence-corrected chi connectivity index (χ4v) is 4.10. The van der Waals surface area contributed by atoms with E-state index in [4.69, 9.17) is 22.2 Å². The van der Waals surface area contributed by atoms with Gasteiger partial charge in [-0.3, -0.25) is 9.69 Å². The van der Waals surface area contributed by atoms with Crippen molar-refractivity contribution in [2.75, 3.05) is 49.1 Å². The summed E-state index contributed by atoms with van der Waals surface area (Å²) in [5.41, 5.74) is 1.85. The van der Waals surface area contributed by atoms with Crippen LogP contribution in [0.2, 0.25) is 0 Å². The lowest BCUT2D eigenvalue weighted by molar-refractivity contribution is -0.130. The molecule has 1 atom stereocenters. The molecule has 4 rings (SSSR count). The molecule has 1 aromatic carbocycles. The predicted octanol–water partition coefficient (Wildman–Crippen LogP) is 1.90. The molecule has 0 radical (unpaired) electrons. The summed E-state index contributed by atoms with van der Waals surface area (Å²) in [5.74, 6) is 0.397. The summed E-state index contributed by atoms with van der Waals surface area (Å²) in [5, 5.41) is 11.9. The van der Waals surface area contributed by atoms with Gasteiger partial charge in [-0.1, -0.05) is 12.2 Å². The monoisotopic (exact) mass is 427 g/mol. The minimum atomic E-state index is -0.337. The van der Waals surface area contributed by atoms with E-state index < -0.39 is 0 Å². The molecule has 1 saturated carbocycles. The molecule has 3 aliphatic rings. The number of hydrogen-bond donors (Lipinski definition) is 1. The predicted molar refractivity (Wildman–Crippen MR) is 116 cm³/mol. The van der Waals surface area contributed by atoms with E-state index in [0.29, 0.717) is 32.1 Å². The van der Waals surface area contributed by atoms with Gasteiger partial charge in [-0.25, -0.2) is 4.79 Å². The highest BCUT2D eigenvalue weighted by atomic mass is 32.1. The smallest absolute Gasteiger partial charge is 0.414 e. The van der Waals surface area contributed by atoms with Crippen molar-refractivity contribution in [1.82, 2.24) is 10.2 Å². The molecule has 0 bridgehead atoms. The number of ether oxygens (including phenoxy) is 1. The lowest BCUT2D eigenvalue weighted by atomic mass is 10.2. The van der Waals surface area contributed by atoms with Gasteiger partial charge in [0.2, 0.25) is 5.91 Å². The first-order chi connectivity index (χ1) is 14.5.